The third-order valence-corrected chi connectivity index (χ3v) is 3.61. The first kappa shape index (κ1) is 8.12. The van der Waals surface area contributed by atoms with Gasteiger partial charge in [-0.3, -0.25) is 4.99 Å². The van der Waals surface area contributed by atoms with Gasteiger partial charge in [0.15, 0.2) is 0 Å². The molecule has 10 heavy (non-hydrogen) atoms. The number of thioether (sulfide) groups is 1. The van der Waals surface area contributed by atoms with Crippen molar-refractivity contribution >= 4 is 17.3 Å². The monoisotopic (exact) mass is 157 g/mol. The maximum absolute atomic E-state index is 4.32. The van der Waals surface area contributed by atoms with Crippen molar-refractivity contribution in [3.8, 4) is 0 Å². The minimum Gasteiger partial charge on any atom is -0.282 e. The van der Waals surface area contributed by atoms with Crippen LogP contribution in [0, 0.1) is 5.92 Å². The van der Waals surface area contributed by atoms with Crippen molar-refractivity contribution in [2.45, 2.75) is 38.5 Å². The lowest BCUT2D eigenvalue weighted by Gasteiger charge is -2.19. The molecule has 0 amide bonds. The quantitative estimate of drug-likeness (QED) is 0.600. The number of nitrogens with zero attached hydrogens (tertiary/aromatic N) is 1. The standard InChI is InChI=1S/C8H15NS/c1-4-6(2)8-7(3)9-5-10-8/h5-8H,4H2,1-3H3. The van der Waals surface area contributed by atoms with Gasteiger partial charge in [-0.2, -0.15) is 0 Å². The number of hydrogen-bond acceptors (Lipinski definition) is 2. The molecular weight excluding hydrogens is 142 g/mol. The van der Waals surface area contributed by atoms with Crippen molar-refractivity contribution in [3.63, 3.8) is 0 Å². The summed E-state index contributed by atoms with van der Waals surface area (Å²) in [4.78, 5) is 4.32. The topological polar surface area (TPSA) is 12.4 Å². The van der Waals surface area contributed by atoms with Crippen molar-refractivity contribution in [2.75, 3.05) is 0 Å². The van der Waals surface area contributed by atoms with Gasteiger partial charge in [0.25, 0.3) is 0 Å². The van der Waals surface area contributed by atoms with Crippen LogP contribution in [0.1, 0.15) is 27.2 Å². The number of aliphatic imine (C=N–C) groups is 1. The van der Waals surface area contributed by atoms with E-state index in [-0.39, 0.29) is 0 Å². The van der Waals surface area contributed by atoms with Crippen LogP contribution in [0.2, 0.25) is 0 Å². The highest BCUT2D eigenvalue weighted by Gasteiger charge is 2.25. The van der Waals surface area contributed by atoms with Crippen LogP contribution in [-0.2, 0) is 0 Å². The zero-order valence-corrected chi connectivity index (χ0v) is 7.69. The zero-order valence-electron chi connectivity index (χ0n) is 6.87. The molecule has 2 heteroatoms. The zero-order chi connectivity index (χ0) is 7.56. The molecule has 3 unspecified atom stereocenters. The molecule has 58 valence electrons. The third kappa shape index (κ3) is 1.54. The summed E-state index contributed by atoms with van der Waals surface area (Å²) >= 11 is 1.89. The van der Waals surface area contributed by atoms with E-state index in [0.717, 1.165) is 11.2 Å². The Morgan fingerprint density at radius 1 is 1.70 bits per heavy atom. The Bertz CT molecular complexity index is 133. The second-order valence-corrected chi connectivity index (χ2v) is 4.01. The van der Waals surface area contributed by atoms with Gasteiger partial charge >= 0.3 is 0 Å². The van der Waals surface area contributed by atoms with Gasteiger partial charge in [0.1, 0.15) is 0 Å². The van der Waals surface area contributed by atoms with Crippen LogP contribution in [0.5, 0.6) is 0 Å². The Labute approximate surface area is 67.3 Å². The second-order valence-electron chi connectivity index (χ2n) is 2.98. The van der Waals surface area contributed by atoms with Crippen LogP contribution in [0.15, 0.2) is 4.99 Å². The van der Waals surface area contributed by atoms with E-state index in [1.807, 2.05) is 17.3 Å². The van der Waals surface area contributed by atoms with Gasteiger partial charge in [-0.25, -0.2) is 0 Å². The highest BCUT2D eigenvalue weighted by molar-refractivity contribution is 8.12. The van der Waals surface area contributed by atoms with Gasteiger partial charge in [0.2, 0.25) is 0 Å². The Kier molecular flexibility index (Phi) is 2.78. The lowest BCUT2D eigenvalue weighted by Crippen LogP contribution is -2.21. The van der Waals surface area contributed by atoms with Gasteiger partial charge in [-0.1, -0.05) is 20.3 Å². The summed E-state index contributed by atoms with van der Waals surface area (Å²) in [5.74, 6) is 0.808. The van der Waals surface area contributed by atoms with Crippen molar-refractivity contribution < 1.29 is 0 Å². The van der Waals surface area contributed by atoms with E-state index < -0.39 is 0 Å². The summed E-state index contributed by atoms with van der Waals surface area (Å²) in [6, 6.07) is 0.542. The number of hydrogen-bond donors (Lipinski definition) is 0. The van der Waals surface area contributed by atoms with Crippen LogP contribution in [-0.4, -0.2) is 16.8 Å². The molecule has 0 fully saturated rings. The van der Waals surface area contributed by atoms with E-state index in [1.165, 1.54) is 6.42 Å². The lowest BCUT2D eigenvalue weighted by molar-refractivity contribution is 0.493. The van der Waals surface area contributed by atoms with Crippen molar-refractivity contribution in [1.29, 1.82) is 0 Å². The van der Waals surface area contributed by atoms with E-state index in [4.69, 9.17) is 0 Å². The second kappa shape index (κ2) is 3.42. The largest absolute Gasteiger partial charge is 0.282 e. The van der Waals surface area contributed by atoms with E-state index in [9.17, 15) is 0 Å². The molecule has 0 bridgehead atoms. The Morgan fingerprint density at radius 2 is 2.40 bits per heavy atom. The first-order chi connectivity index (χ1) is 4.75. The molecule has 0 aliphatic carbocycles. The van der Waals surface area contributed by atoms with Gasteiger partial charge < -0.3 is 0 Å². The van der Waals surface area contributed by atoms with Crippen molar-refractivity contribution in [3.05, 3.63) is 0 Å². The molecule has 0 aromatic rings. The molecule has 3 atom stereocenters. The van der Waals surface area contributed by atoms with Gasteiger partial charge in [-0.15, -0.1) is 11.8 Å². The van der Waals surface area contributed by atoms with Crippen LogP contribution in [0.25, 0.3) is 0 Å². The SMILES string of the molecule is CCC(C)C1SC=NC1C. The molecule has 1 nitrogen and oxygen atoms in total. The molecule has 1 rings (SSSR count). The van der Waals surface area contributed by atoms with Gasteiger partial charge in [0, 0.05) is 5.25 Å². The molecular formula is C8H15NS. The van der Waals surface area contributed by atoms with Crippen LogP contribution >= 0.6 is 11.8 Å². The molecule has 0 spiro atoms. The fraction of sp³-hybridized carbons (Fsp3) is 0.875. The molecule has 0 aromatic heterocycles. The molecule has 1 heterocycles. The Morgan fingerprint density at radius 3 is 2.80 bits per heavy atom. The Balaban J connectivity index is 2.42. The summed E-state index contributed by atoms with van der Waals surface area (Å²) < 4.78 is 0. The summed E-state index contributed by atoms with van der Waals surface area (Å²) in [6.45, 7) is 6.76. The smallest absolute Gasteiger partial charge is 0.0602 e. The minimum absolute atomic E-state index is 0.542. The summed E-state index contributed by atoms with van der Waals surface area (Å²) in [7, 11) is 0. The summed E-state index contributed by atoms with van der Waals surface area (Å²) in [5, 5.41) is 0.741. The molecule has 0 radical (unpaired) electrons. The van der Waals surface area contributed by atoms with Crippen molar-refractivity contribution in [2.24, 2.45) is 10.9 Å². The summed E-state index contributed by atoms with van der Waals surface area (Å²) in [6.07, 6.45) is 1.27. The van der Waals surface area contributed by atoms with Gasteiger partial charge in [0.05, 0.1) is 11.6 Å². The van der Waals surface area contributed by atoms with Crippen LogP contribution in [0.3, 0.4) is 0 Å². The maximum Gasteiger partial charge on any atom is 0.0602 e. The Hall–Kier alpha value is 0.0200. The van der Waals surface area contributed by atoms with Crippen molar-refractivity contribution in [1.82, 2.24) is 0 Å². The highest BCUT2D eigenvalue weighted by Crippen LogP contribution is 2.29. The lowest BCUT2D eigenvalue weighted by atomic mass is 10.0. The van der Waals surface area contributed by atoms with E-state index >= 15 is 0 Å². The molecule has 1 aliphatic rings. The minimum atomic E-state index is 0.542. The van der Waals surface area contributed by atoms with E-state index in [2.05, 4.69) is 25.8 Å². The van der Waals surface area contributed by atoms with Crippen LogP contribution in [0.4, 0.5) is 0 Å². The molecule has 0 N–H and O–H groups in total. The maximum atomic E-state index is 4.32. The summed E-state index contributed by atoms with van der Waals surface area (Å²) in [5.41, 5.74) is 2.00. The van der Waals surface area contributed by atoms with E-state index in [1.54, 1.807) is 0 Å². The predicted molar refractivity (Wildman–Crippen MR) is 48.8 cm³/mol. The molecule has 0 saturated heterocycles. The first-order valence-electron chi connectivity index (χ1n) is 3.92. The average molecular weight is 157 g/mol. The number of rotatable bonds is 2. The first-order valence-corrected chi connectivity index (χ1v) is 4.87. The molecule has 0 saturated carbocycles. The fourth-order valence-corrected chi connectivity index (χ4v) is 2.40. The van der Waals surface area contributed by atoms with E-state index in [0.29, 0.717) is 6.04 Å². The normalized spacial score (nSPS) is 34.7. The van der Waals surface area contributed by atoms with Gasteiger partial charge in [-0.05, 0) is 12.8 Å². The molecule has 0 aromatic carbocycles. The van der Waals surface area contributed by atoms with Crippen LogP contribution < -0.4 is 0 Å². The average Bonchev–Trinajstić information content (AvgIpc) is 2.34. The fourth-order valence-electron chi connectivity index (χ4n) is 1.24. The predicted octanol–water partition coefficient (Wildman–Crippen LogP) is 2.56. The third-order valence-electron chi connectivity index (χ3n) is 2.19. The molecule has 1 aliphatic heterocycles. The highest BCUT2D eigenvalue weighted by atomic mass is 32.2.